The lowest BCUT2D eigenvalue weighted by molar-refractivity contribution is -0.132. The van der Waals surface area contributed by atoms with Crippen LogP contribution >= 0.6 is 0 Å². The Hall–Kier alpha value is -2.57. The van der Waals surface area contributed by atoms with Crippen LogP contribution in [0, 0.1) is 0 Å². The van der Waals surface area contributed by atoms with Gasteiger partial charge in [0.05, 0.1) is 12.0 Å². The van der Waals surface area contributed by atoms with Gasteiger partial charge in [-0.05, 0) is 12.1 Å². The summed E-state index contributed by atoms with van der Waals surface area (Å²) < 4.78 is 9.99. The highest BCUT2D eigenvalue weighted by molar-refractivity contribution is 5.91. The van der Waals surface area contributed by atoms with Gasteiger partial charge in [-0.3, -0.25) is 9.59 Å². The zero-order valence-electron chi connectivity index (χ0n) is 12.1. The number of hydrogen-bond acceptors (Lipinski definition) is 5. The standard InChI is InChI=1S/C15H17N3O4/c19-14(4-3-12-10-21-11-16-12)17-5-7-18(8-6-17)15(20)13-2-1-9-22-13/h1-2,9-11H,3-8H2. The largest absolute Gasteiger partial charge is 0.459 e. The van der Waals surface area contributed by atoms with E-state index in [4.69, 9.17) is 8.83 Å². The molecule has 7 heteroatoms. The smallest absolute Gasteiger partial charge is 0.289 e. The highest BCUT2D eigenvalue weighted by Gasteiger charge is 2.25. The molecule has 0 aromatic carbocycles. The summed E-state index contributed by atoms with van der Waals surface area (Å²) in [5, 5.41) is 0. The molecule has 2 aromatic rings. The van der Waals surface area contributed by atoms with E-state index >= 15 is 0 Å². The highest BCUT2D eigenvalue weighted by atomic mass is 16.3. The van der Waals surface area contributed by atoms with Crippen molar-refractivity contribution in [1.82, 2.24) is 14.8 Å². The molecule has 1 aliphatic rings. The summed E-state index contributed by atoms with van der Waals surface area (Å²) in [5.41, 5.74) is 0.778. The zero-order valence-corrected chi connectivity index (χ0v) is 12.1. The number of aryl methyl sites for hydroxylation is 1. The van der Waals surface area contributed by atoms with Gasteiger partial charge in [0.25, 0.3) is 5.91 Å². The van der Waals surface area contributed by atoms with Gasteiger partial charge in [0.15, 0.2) is 12.2 Å². The molecule has 2 aromatic heterocycles. The Bertz CT molecular complexity index is 613. The van der Waals surface area contributed by atoms with E-state index in [-0.39, 0.29) is 11.8 Å². The van der Waals surface area contributed by atoms with Gasteiger partial charge in [-0.2, -0.15) is 0 Å². The summed E-state index contributed by atoms with van der Waals surface area (Å²) in [4.78, 5) is 31.8. The van der Waals surface area contributed by atoms with Crippen molar-refractivity contribution < 1.29 is 18.4 Å². The van der Waals surface area contributed by atoms with E-state index in [0.717, 1.165) is 5.69 Å². The Morgan fingerprint density at radius 2 is 1.95 bits per heavy atom. The fraction of sp³-hybridized carbons (Fsp3) is 0.400. The van der Waals surface area contributed by atoms with Crippen LogP contribution in [-0.2, 0) is 11.2 Å². The van der Waals surface area contributed by atoms with Gasteiger partial charge in [-0.25, -0.2) is 4.98 Å². The average molecular weight is 303 g/mol. The molecular formula is C15H17N3O4. The molecule has 0 saturated carbocycles. The van der Waals surface area contributed by atoms with Crippen molar-refractivity contribution >= 4 is 11.8 Å². The molecule has 7 nitrogen and oxygen atoms in total. The second-order valence-electron chi connectivity index (χ2n) is 5.13. The van der Waals surface area contributed by atoms with Crippen molar-refractivity contribution in [1.29, 1.82) is 0 Å². The van der Waals surface area contributed by atoms with E-state index in [1.54, 1.807) is 28.2 Å². The third-order valence-corrected chi connectivity index (χ3v) is 3.73. The third-order valence-electron chi connectivity index (χ3n) is 3.73. The molecule has 1 saturated heterocycles. The van der Waals surface area contributed by atoms with Crippen molar-refractivity contribution in [2.24, 2.45) is 0 Å². The molecule has 0 bridgehead atoms. The van der Waals surface area contributed by atoms with Crippen LogP contribution in [0.25, 0.3) is 0 Å². The first-order valence-corrected chi connectivity index (χ1v) is 7.21. The SMILES string of the molecule is O=C(CCc1cocn1)N1CCN(C(=O)c2ccco2)CC1. The Labute approximate surface area is 127 Å². The molecular weight excluding hydrogens is 286 g/mol. The maximum Gasteiger partial charge on any atom is 0.289 e. The van der Waals surface area contributed by atoms with Gasteiger partial charge < -0.3 is 18.6 Å². The second kappa shape index (κ2) is 6.46. The molecule has 3 rings (SSSR count). The number of piperazine rings is 1. The summed E-state index contributed by atoms with van der Waals surface area (Å²) >= 11 is 0. The van der Waals surface area contributed by atoms with Gasteiger partial charge in [0.2, 0.25) is 5.91 Å². The fourth-order valence-electron chi connectivity index (χ4n) is 2.47. The van der Waals surface area contributed by atoms with Crippen molar-refractivity contribution in [2.45, 2.75) is 12.8 Å². The predicted octanol–water partition coefficient (Wildman–Crippen LogP) is 1.18. The van der Waals surface area contributed by atoms with E-state index in [2.05, 4.69) is 4.98 Å². The number of nitrogens with zero attached hydrogens (tertiary/aromatic N) is 3. The van der Waals surface area contributed by atoms with Crippen molar-refractivity contribution in [3.05, 3.63) is 42.5 Å². The molecule has 22 heavy (non-hydrogen) atoms. The molecule has 0 atom stereocenters. The first-order chi connectivity index (χ1) is 10.7. The molecule has 0 aliphatic carbocycles. The number of amides is 2. The van der Waals surface area contributed by atoms with Crippen LogP contribution in [0.5, 0.6) is 0 Å². The lowest BCUT2D eigenvalue weighted by Crippen LogP contribution is -2.50. The van der Waals surface area contributed by atoms with Gasteiger partial charge in [-0.1, -0.05) is 0 Å². The van der Waals surface area contributed by atoms with E-state index in [1.807, 2.05) is 0 Å². The lowest BCUT2D eigenvalue weighted by atomic mass is 10.2. The average Bonchev–Trinajstić information content (AvgIpc) is 3.25. The number of aromatic nitrogens is 1. The maximum atomic E-state index is 12.1. The zero-order chi connectivity index (χ0) is 15.4. The molecule has 3 heterocycles. The lowest BCUT2D eigenvalue weighted by Gasteiger charge is -2.34. The van der Waals surface area contributed by atoms with Gasteiger partial charge in [0, 0.05) is 39.0 Å². The molecule has 1 fully saturated rings. The minimum absolute atomic E-state index is 0.0769. The van der Waals surface area contributed by atoms with Crippen LogP contribution < -0.4 is 0 Å². The fourth-order valence-corrected chi connectivity index (χ4v) is 2.47. The summed E-state index contributed by atoms with van der Waals surface area (Å²) in [6, 6.07) is 3.34. The number of carbonyl (C=O) groups excluding carboxylic acids is 2. The topological polar surface area (TPSA) is 79.8 Å². The van der Waals surface area contributed by atoms with Crippen LogP contribution in [0.3, 0.4) is 0 Å². The highest BCUT2D eigenvalue weighted by Crippen LogP contribution is 2.11. The number of hydrogen-bond donors (Lipinski definition) is 0. The number of oxazole rings is 1. The number of rotatable bonds is 4. The van der Waals surface area contributed by atoms with E-state index in [1.165, 1.54) is 12.7 Å². The molecule has 0 spiro atoms. The molecule has 0 N–H and O–H groups in total. The Kier molecular flexibility index (Phi) is 4.22. The summed E-state index contributed by atoms with van der Waals surface area (Å²) in [7, 11) is 0. The van der Waals surface area contributed by atoms with E-state index in [9.17, 15) is 9.59 Å². The summed E-state index contributed by atoms with van der Waals surface area (Å²) in [6.07, 6.45) is 5.36. The Balaban J connectivity index is 1.47. The van der Waals surface area contributed by atoms with E-state index in [0.29, 0.717) is 44.8 Å². The molecule has 1 aliphatic heterocycles. The molecule has 0 radical (unpaired) electrons. The normalized spacial score (nSPS) is 15.1. The number of furan rings is 1. The minimum atomic E-state index is -0.125. The first kappa shape index (κ1) is 14.4. The predicted molar refractivity (Wildman–Crippen MR) is 76.0 cm³/mol. The quantitative estimate of drug-likeness (QED) is 0.847. The van der Waals surface area contributed by atoms with Gasteiger partial charge in [-0.15, -0.1) is 0 Å². The molecule has 0 unspecified atom stereocenters. The van der Waals surface area contributed by atoms with Crippen molar-refractivity contribution in [2.75, 3.05) is 26.2 Å². The van der Waals surface area contributed by atoms with Crippen LogP contribution in [0.1, 0.15) is 22.7 Å². The van der Waals surface area contributed by atoms with Crippen molar-refractivity contribution in [3.8, 4) is 0 Å². The minimum Gasteiger partial charge on any atom is -0.459 e. The monoisotopic (exact) mass is 303 g/mol. The van der Waals surface area contributed by atoms with Crippen LogP contribution in [0.4, 0.5) is 0 Å². The van der Waals surface area contributed by atoms with Crippen LogP contribution in [-0.4, -0.2) is 52.8 Å². The van der Waals surface area contributed by atoms with Gasteiger partial charge >= 0.3 is 0 Å². The van der Waals surface area contributed by atoms with Crippen molar-refractivity contribution in [3.63, 3.8) is 0 Å². The third kappa shape index (κ3) is 3.19. The number of carbonyl (C=O) groups is 2. The molecule has 116 valence electrons. The van der Waals surface area contributed by atoms with Gasteiger partial charge in [0.1, 0.15) is 6.26 Å². The van der Waals surface area contributed by atoms with Crippen LogP contribution in [0.2, 0.25) is 0 Å². The Morgan fingerprint density at radius 3 is 2.59 bits per heavy atom. The van der Waals surface area contributed by atoms with Crippen LogP contribution in [0.15, 0.2) is 39.9 Å². The second-order valence-corrected chi connectivity index (χ2v) is 5.13. The molecule has 2 amide bonds. The maximum absolute atomic E-state index is 12.1. The summed E-state index contributed by atoms with van der Waals surface area (Å²) in [6.45, 7) is 2.14. The Morgan fingerprint density at radius 1 is 1.18 bits per heavy atom. The first-order valence-electron chi connectivity index (χ1n) is 7.21. The van der Waals surface area contributed by atoms with E-state index < -0.39 is 0 Å². The summed E-state index contributed by atoms with van der Waals surface area (Å²) in [5.74, 6) is 0.290.